The fraction of sp³-hybridized carbons (Fsp3) is 0.364. The zero-order valence-corrected chi connectivity index (χ0v) is 24.4. The highest BCUT2D eigenvalue weighted by Gasteiger charge is 2.26. The second-order valence-electron chi connectivity index (χ2n) is 10.1. The van der Waals surface area contributed by atoms with Gasteiger partial charge in [0.1, 0.15) is 11.6 Å². The van der Waals surface area contributed by atoms with Gasteiger partial charge < -0.3 is 25.5 Å². The number of methoxy groups -OCH3 is 1. The van der Waals surface area contributed by atoms with Crippen LogP contribution in [0.4, 0.5) is 13.2 Å². The highest BCUT2D eigenvalue weighted by atomic mass is 19.3. The molecule has 0 fully saturated rings. The minimum Gasteiger partial charge on any atom is -0.433 e. The van der Waals surface area contributed by atoms with Crippen LogP contribution in [0.2, 0.25) is 0 Å². The molecule has 0 radical (unpaired) electrons. The van der Waals surface area contributed by atoms with Crippen LogP contribution in [0.25, 0.3) is 11.1 Å². The van der Waals surface area contributed by atoms with E-state index in [1.807, 2.05) is 12.1 Å². The first-order valence-electron chi connectivity index (χ1n) is 14.3. The van der Waals surface area contributed by atoms with Gasteiger partial charge in [-0.2, -0.15) is 8.78 Å². The molecule has 10 heteroatoms. The largest absolute Gasteiger partial charge is 0.433 e. The standard InChI is InChI=1S/C33H38F3N3O4/c1-3-5-22(6-4-7-30(40)25-10-8-23(9-11-25)24-12-14-26(34)15-13-24)20-38-21-28-29(37)17-16-27(31(28)43-33(35)36)32(41)39-18-19-42-2/h8-17,21-22,33,37-38H,3-7,18-20H2,1-2H3,(H,39,41)/b28-21+,37-29?. The van der Waals surface area contributed by atoms with Gasteiger partial charge in [0.25, 0.3) is 5.91 Å². The van der Waals surface area contributed by atoms with E-state index < -0.39 is 12.5 Å². The van der Waals surface area contributed by atoms with Crippen molar-refractivity contribution in [3.8, 4) is 11.1 Å². The number of Topliss-reactive ketones (excluding diaryl/α,β-unsaturated/α-hetero) is 1. The molecule has 1 aliphatic carbocycles. The lowest BCUT2D eigenvalue weighted by atomic mass is 9.94. The average molecular weight is 598 g/mol. The first-order chi connectivity index (χ1) is 20.7. The first kappa shape index (κ1) is 33.3. The summed E-state index contributed by atoms with van der Waals surface area (Å²) in [5.74, 6) is -1.05. The van der Waals surface area contributed by atoms with Gasteiger partial charge in [0.15, 0.2) is 5.78 Å². The average Bonchev–Trinajstić information content (AvgIpc) is 2.99. The Labute approximate surface area is 250 Å². The SMILES string of the molecule is CCCC(CCCC(=O)c1ccc(-c2ccc(F)cc2)cc1)CN/C=C1\C(=N)C=CC(C(=O)NCCOC)=C1OC(F)F. The second kappa shape index (κ2) is 17.1. The zero-order chi connectivity index (χ0) is 31.2. The molecule has 0 bridgehead atoms. The number of amides is 1. The Morgan fingerprint density at radius 3 is 2.30 bits per heavy atom. The Bertz CT molecular complexity index is 1340. The normalized spacial score (nSPS) is 14.7. The van der Waals surface area contributed by atoms with Crippen LogP contribution in [0.3, 0.4) is 0 Å². The number of halogens is 3. The van der Waals surface area contributed by atoms with E-state index in [0.717, 1.165) is 30.4 Å². The fourth-order valence-electron chi connectivity index (χ4n) is 4.77. The van der Waals surface area contributed by atoms with Gasteiger partial charge in [-0.3, -0.25) is 9.59 Å². The Morgan fingerprint density at radius 2 is 1.67 bits per heavy atom. The van der Waals surface area contributed by atoms with Crippen molar-refractivity contribution in [2.75, 3.05) is 26.8 Å². The summed E-state index contributed by atoms with van der Waals surface area (Å²) in [6.45, 7) is -0.184. The zero-order valence-electron chi connectivity index (χ0n) is 24.4. The van der Waals surface area contributed by atoms with Crippen LogP contribution in [0.15, 0.2) is 83.8 Å². The van der Waals surface area contributed by atoms with E-state index in [9.17, 15) is 22.8 Å². The molecule has 230 valence electrons. The second-order valence-corrected chi connectivity index (χ2v) is 10.1. The number of ketones is 1. The summed E-state index contributed by atoms with van der Waals surface area (Å²) in [4.78, 5) is 25.4. The predicted molar refractivity (Wildman–Crippen MR) is 160 cm³/mol. The molecule has 0 aromatic heterocycles. The number of nitrogens with one attached hydrogen (secondary N) is 3. The minimum atomic E-state index is -3.18. The number of carbonyl (C=O) groups is 2. The summed E-state index contributed by atoms with van der Waals surface area (Å²) in [6, 6.07) is 13.5. The number of hydrogen-bond acceptors (Lipinski definition) is 6. The van der Waals surface area contributed by atoms with Gasteiger partial charge in [-0.25, -0.2) is 4.39 Å². The molecular weight excluding hydrogens is 559 g/mol. The fourth-order valence-corrected chi connectivity index (χ4v) is 4.77. The molecule has 43 heavy (non-hydrogen) atoms. The molecule has 2 aromatic carbocycles. The van der Waals surface area contributed by atoms with Gasteiger partial charge in [0, 0.05) is 38.4 Å². The first-order valence-corrected chi connectivity index (χ1v) is 14.3. The molecule has 1 unspecified atom stereocenters. The van der Waals surface area contributed by atoms with Crippen molar-refractivity contribution < 1.29 is 32.2 Å². The van der Waals surface area contributed by atoms with E-state index in [2.05, 4.69) is 17.6 Å². The summed E-state index contributed by atoms with van der Waals surface area (Å²) in [6.07, 6.45) is 7.70. The van der Waals surface area contributed by atoms with E-state index in [1.54, 1.807) is 24.3 Å². The van der Waals surface area contributed by atoms with Gasteiger partial charge in [0.2, 0.25) is 0 Å². The van der Waals surface area contributed by atoms with Crippen LogP contribution in [0.1, 0.15) is 49.4 Å². The molecule has 1 amide bonds. The van der Waals surface area contributed by atoms with E-state index in [0.29, 0.717) is 24.9 Å². The molecule has 7 nitrogen and oxygen atoms in total. The van der Waals surface area contributed by atoms with E-state index in [1.165, 1.54) is 37.6 Å². The summed E-state index contributed by atoms with van der Waals surface area (Å²) in [7, 11) is 1.48. The van der Waals surface area contributed by atoms with E-state index >= 15 is 0 Å². The molecule has 0 heterocycles. The van der Waals surface area contributed by atoms with Crippen molar-refractivity contribution in [1.29, 1.82) is 5.41 Å². The molecule has 3 N–H and O–H groups in total. The number of ether oxygens (including phenoxy) is 2. The molecular formula is C33H38F3N3O4. The molecule has 0 spiro atoms. The summed E-state index contributed by atoms with van der Waals surface area (Å²) < 4.78 is 49.3. The molecule has 1 atom stereocenters. The number of carbonyl (C=O) groups excluding carboxylic acids is 2. The van der Waals surface area contributed by atoms with Crippen molar-refractivity contribution in [1.82, 2.24) is 10.6 Å². The number of benzene rings is 2. The maximum absolute atomic E-state index is 13.3. The Morgan fingerprint density at radius 1 is 1.00 bits per heavy atom. The minimum absolute atomic E-state index is 0.0358. The molecule has 3 rings (SSSR count). The van der Waals surface area contributed by atoms with Crippen LogP contribution in [0, 0.1) is 17.1 Å². The van der Waals surface area contributed by atoms with Gasteiger partial charge >= 0.3 is 6.61 Å². The smallest absolute Gasteiger partial charge is 0.387 e. The summed E-state index contributed by atoms with van der Waals surface area (Å²) in [5.41, 5.74) is 2.26. The van der Waals surface area contributed by atoms with Crippen molar-refractivity contribution in [2.24, 2.45) is 5.92 Å². The third-order valence-electron chi connectivity index (χ3n) is 6.99. The quantitative estimate of drug-likeness (QED) is 0.141. The molecule has 0 aliphatic heterocycles. The topological polar surface area (TPSA) is 101 Å². The number of allylic oxidation sites excluding steroid dienone is 2. The van der Waals surface area contributed by atoms with Crippen molar-refractivity contribution in [3.63, 3.8) is 0 Å². The molecule has 0 saturated heterocycles. The number of hydrogen-bond donors (Lipinski definition) is 3. The Balaban J connectivity index is 1.59. The highest BCUT2D eigenvalue weighted by molar-refractivity contribution is 6.14. The van der Waals surface area contributed by atoms with Crippen LogP contribution >= 0.6 is 0 Å². The van der Waals surface area contributed by atoms with Gasteiger partial charge in [-0.05, 0) is 60.6 Å². The summed E-state index contributed by atoms with van der Waals surface area (Å²) in [5, 5.41) is 13.9. The van der Waals surface area contributed by atoms with Crippen LogP contribution < -0.4 is 10.6 Å². The van der Waals surface area contributed by atoms with Gasteiger partial charge in [0.05, 0.1) is 23.5 Å². The Hall–Kier alpha value is -4.18. The molecule has 0 saturated carbocycles. The van der Waals surface area contributed by atoms with E-state index in [4.69, 9.17) is 14.9 Å². The third kappa shape index (κ3) is 10.2. The lowest BCUT2D eigenvalue weighted by Gasteiger charge is -2.21. The van der Waals surface area contributed by atoms with Crippen LogP contribution in [-0.2, 0) is 14.3 Å². The third-order valence-corrected chi connectivity index (χ3v) is 6.99. The van der Waals surface area contributed by atoms with Crippen molar-refractivity contribution in [2.45, 2.75) is 45.6 Å². The van der Waals surface area contributed by atoms with E-state index in [-0.39, 0.29) is 53.3 Å². The van der Waals surface area contributed by atoms with Crippen molar-refractivity contribution >= 4 is 17.4 Å². The maximum atomic E-state index is 13.3. The van der Waals surface area contributed by atoms with Crippen LogP contribution in [0.5, 0.6) is 0 Å². The predicted octanol–water partition coefficient (Wildman–Crippen LogP) is 6.58. The van der Waals surface area contributed by atoms with Crippen molar-refractivity contribution in [3.05, 3.63) is 95.2 Å². The Kier molecular flexibility index (Phi) is 13.2. The molecule has 2 aromatic rings. The van der Waals surface area contributed by atoms with Crippen LogP contribution in [-0.4, -0.2) is 50.8 Å². The lowest BCUT2D eigenvalue weighted by molar-refractivity contribution is -0.118. The summed E-state index contributed by atoms with van der Waals surface area (Å²) >= 11 is 0. The van der Waals surface area contributed by atoms with Gasteiger partial charge in [-0.15, -0.1) is 0 Å². The number of rotatable bonds is 17. The highest BCUT2D eigenvalue weighted by Crippen LogP contribution is 2.26. The number of alkyl halides is 2. The molecule has 1 aliphatic rings. The van der Waals surface area contributed by atoms with Gasteiger partial charge in [-0.1, -0.05) is 49.7 Å². The maximum Gasteiger partial charge on any atom is 0.387 e. The lowest BCUT2D eigenvalue weighted by Crippen LogP contribution is -2.31. The monoisotopic (exact) mass is 597 g/mol.